The maximum absolute atomic E-state index is 12.1. The number of benzene rings is 1. The number of carbonyl (C=O) groups excluding carboxylic acids is 1. The molecule has 5 heterocycles. The molecule has 1 aromatic carbocycles. The summed E-state index contributed by atoms with van der Waals surface area (Å²) in [5.74, 6) is 0.242. The number of pyridine rings is 1. The maximum atomic E-state index is 12.1. The number of aromatic amines is 1. The molecule has 1 amide bonds. The number of aliphatic hydroxyl groups excluding tert-OH is 1. The minimum absolute atomic E-state index is 0.184. The van der Waals surface area contributed by atoms with E-state index in [2.05, 4.69) is 34.3 Å². The average Bonchev–Trinajstić information content (AvgIpc) is 3.57. The monoisotopic (exact) mass is 480 g/mol. The quantitative estimate of drug-likeness (QED) is 0.395. The van der Waals surface area contributed by atoms with E-state index in [4.69, 9.17) is 9.97 Å². The molecule has 0 unspecified atom stereocenters. The topological polar surface area (TPSA) is 99.4 Å². The lowest BCUT2D eigenvalue weighted by atomic mass is 9.91. The summed E-state index contributed by atoms with van der Waals surface area (Å²) < 4.78 is 1.86. The number of rotatable bonds is 5. The zero-order chi connectivity index (χ0) is 24.6. The molecule has 1 atom stereocenters. The van der Waals surface area contributed by atoms with Gasteiger partial charge in [0.2, 0.25) is 0 Å². The second-order valence-corrected chi connectivity index (χ2v) is 9.54. The Balaban J connectivity index is 1.30. The van der Waals surface area contributed by atoms with Crippen molar-refractivity contribution >= 4 is 22.6 Å². The molecular formula is C28H28N6O2. The van der Waals surface area contributed by atoms with Gasteiger partial charge in [0.1, 0.15) is 11.8 Å². The Morgan fingerprint density at radius 2 is 1.89 bits per heavy atom. The molecule has 0 aliphatic carbocycles. The van der Waals surface area contributed by atoms with Crippen LogP contribution in [-0.2, 0) is 11.2 Å². The van der Waals surface area contributed by atoms with Gasteiger partial charge in [-0.1, -0.05) is 36.4 Å². The van der Waals surface area contributed by atoms with E-state index in [1.165, 1.54) is 6.92 Å². The number of piperidine rings is 1. The van der Waals surface area contributed by atoms with Crippen molar-refractivity contribution in [1.29, 1.82) is 0 Å². The first-order chi connectivity index (χ1) is 17.6. The molecule has 6 rings (SSSR count). The summed E-state index contributed by atoms with van der Waals surface area (Å²) in [7, 11) is 0. The number of hydrogen-bond acceptors (Lipinski definition) is 5. The highest BCUT2D eigenvalue weighted by Gasteiger charge is 2.26. The third kappa shape index (κ3) is 4.03. The van der Waals surface area contributed by atoms with Gasteiger partial charge in [-0.05, 0) is 44.2 Å². The van der Waals surface area contributed by atoms with Crippen molar-refractivity contribution in [3.05, 3.63) is 72.8 Å². The van der Waals surface area contributed by atoms with E-state index in [1.807, 2.05) is 47.4 Å². The van der Waals surface area contributed by atoms with E-state index in [1.54, 1.807) is 4.90 Å². The second kappa shape index (κ2) is 9.20. The Morgan fingerprint density at radius 1 is 1.08 bits per heavy atom. The standard InChI is InChI=1S/C28H28N6O2/c1-18(35)28(36)33-13-10-19(11-14-33)15-25-22-9-12-29-26(22)34-27(32-25)23(17-31-34)21-7-8-24(30-16-21)20-5-3-2-4-6-20/h2-9,12,16-19,29,35H,10-11,13-15H2,1H3/t18-/m1/s1. The molecule has 2 N–H and O–H groups in total. The van der Waals surface area contributed by atoms with E-state index >= 15 is 0 Å². The normalized spacial score (nSPS) is 15.6. The van der Waals surface area contributed by atoms with E-state index in [9.17, 15) is 9.90 Å². The number of likely N-dealkylation sites (tertiary alicyclic amines) is 1. The van der Waals surface area contributed by atoms with E-state index < -0.39 is 6.10 Å². The first-order valence-electron chi connectivity index (χ1n) is 12.4. The van der Waals surface area contributed by atoms with Gasteiger partial charge in [-0.2, -0.15) is 9.61 Å². The molecule has 8 nitrogen and oxygen atoms in total. The Labute approximate surface area is 208 Å². The van der Waals surface area contributed by atoms with E-state index in [-0.39, 0.29) is 5.91 Å². The van der Waals surface area contributed by atoms with Crippen LogP contribution in [0.4, 0.5) is 0 Å². The van der Waals surface area contributed by atoms with Crippen molar-refractivity contribution in [3.63, 3.8) is 0 Å². The molecule has 8 heteroatoms. The summed E-state index contributed by atoms with van der Waals surface area (Å²) in [5, 5.41) is 15.3. The number of aromatic nitrogens is 5. The summed E-state index contributed by atoms with van der Waals surface area (Å²) in [6.45, 7) is 2.87. The summed E-state index contributed by atoms with van der Waals surface area (Å²) in [6, 6.07) is 16.3. The molecule has 0 bridgehead atoms. The molecule has 1 saturated heterocycles. The first kappa shape index (κ1) is 22.4. The van der Waals surface area contributed by atoms with Gasteiger partial charge in [0, 0.05) is 47.6 Å². The average molecular weight is 481 g/mol. The summed E-state index contributed by atoms with van der Waals surface area (Å²) in [5.41, 5.74) is 6.69. The van der Waals surface area contributed by atoms with E-state index in [0.717, 1.165) is 64.0 Å². The van der Waals surface area contributed by atoms with Gasteiger partial charge in [0.05, 0.1) is 17.6 Å². The molecule has 0 radical (unpaired) electrons. The Hall–Kier alpha value is -4.04. The molecule has 182 valence electrons. The fourth-order valence-electron chi connectivity index (χ4n) is 5.16. The van der Waals surface area contributed by atoms with Crippen LogP contribution in [0.15, 0.2) is 67.1 Å². The predicted octanol–water partition coefficient (Wildman–Crippen LogP) is 4.10. The summed E-state index contributed by atoms with van der Waals surface area (Å²) >= 11 is 0. The van der Waals surface area contributed by atoms with Gasteiger partial charge in [0.25, 0.3) is 5.91 Å². The Kier molecular flexibility index (Phi) is 5.73. The van der Waals surface area contributed by atoms with Crippen LogP contribution >= 0.6 is 0 Å². The van der Waals surface area contributed by atoms with Gasteiger partial charge in [-0.3, -0.25) is 9.78 Å². The largest absolute Gasteiger partial charge is 0.384 e. The number of nitrogens with zero attached hydrogens (tertiary/aromatic N) is 5. The van der Waals surface area contributed by atoms with Crippen LogP contribution in [0.1, 0.15) is 25.5 Å². The zero-order valence-corrected chi connectivity index (χ0v) is 20.1. The minimum atomic E-state index is -0.943. The highest BCUT2D eigenvalue weighted by Crippen LogP contribution is 2.30. The molecule has 5 aromatic rings. The van der Waals surface area contributed by atoms with Crippen LogP contribution in [0.3, 0.4) is 0 Å². The molecule has 36 heavy (non-hydrogen) atoms. The Bertz CT molecular complexity index is 1510. The van der Waals surface area contributed by atoms with Gasteiger partial charge < -0.3 is 15.0 Å². The van der Waals surface area contributed by atoms with E-state index in [0.29, 0.717) is 19.0 Å². The SMILES string of the molecule is C[C@@H](O)C(=O)N1CCC(Cc2nc3c(-c4ccc(-c5ccccc5)nc4)cnn3c3[nH]ccc23)CC1. The highest BCUT2D eigenvalue weighted by molar-refractivity contribution is 5.86. The number of carbonyl (C=O) groups is 1. The highest BCUT2D eigenvalue weighted by atomic mass is 16.3. The van der Waals surface area contributed by atoms with Crippen molar-refractivity contribution in [2.75, 3.05) is 13.1 Å². The van der Waals surface area contributed by atoms with Crippen LogP contribution < -0.4 is 0 Å². The van der Waals surface area contributed by atoms with Crippen molar-refractivity contribution in [1.82, 2.24) is 29.5 Å². The molecule has 0 saturated carbocycles. The summed E-state index contributed by atoms with van der Waals surface area (Å²) in [4.78, 5) is 27.0. The molecule has 0 spiro atoms. The van der Waals surface area contributed by atoms with Gasteiger partial charge in [0.15, 0.2) is 5.65 Å². The lowest BCUT2D eigenvalue weighted by Crippen LogP contribution is -2.43. The van der Waals surface area contributed by atoms with Gasteiger partial charge in [-0.15, -0.1) is 0 Å². The molecule has 1 aliphatic rings. The minimum Gasteiger partial charge on any atom is -0.384 e. The van der Waals surface area contributed by atoms with Crippen molar-refractivity contribution in [2.24, 2.45) is 5.92 Å². The number of H-pyrrole nitrogens is 1. The molecular weight excluding hydrogens is 452 g/mol. The number of amides is 1. The van der Waals surface area contributed by atoms with Crippen LogP contribution in [0.2, 0.25) is 0 Å². The third-order valence-electron chi connectivity index (χ3n) is 7.14. The van der Waals surface area contributed by atoms with Crippen molar-refractivity contribution in [3.8, 4) is 22.4 Å². The van der Waals surface area contributed by atoms with Crippen LogP contribution in [0.25, 0.3) is 39.1 Å². The van der Waals surface area contributed by atoms with Crippen LogP contribution in [-0.4, -0.2) is 59.7 Å². The second-order valence-electron chi connectivity index (χ2n) is 9.54. The van der Waals surface area contributed by atoms with Crippen molar-refractivity contribution < 1.29 is 9.90 Å². The van der Waals surface area contributed by atoms with Crippen LogP contribution in [0, 0.1) is 5.92 Å². The molecule has 1 aliphatic heterocycles. The number of aliphatic hydroxyl groups is 1. The van der Waals surface area contributed by atoms with Crippen LogP contribution in [0.5, 0.6) is 0 Å². The molecule has 4 aromatic heterocycles. The smallest absolute Gasteiger partial charge is 0.251 e. The van der Waals surface area contributed by atoms with Gasteiger partial charge in [-0.25, -0.2) is 4.98 Å². The lowest BCUT2D eigenvalue weighted by molar-refractivity contribution is -0.140. The maximum Gasteiger partial charge on any atom is 0.251 e. The fourth-order valence-corrected chi connectivity index (χ4v) is 5.16. The lowest BCUT2D eigenvalue weighted by Gasteiger charge is -2.32. The number of hydrogen-bond donors (Lipinski definition) is 2. The number of nitrogens with one attached hydrogen (secondary N) is 1. The van der Waals surface area contributed by atoms with Gasteiger partial charge >= 0.3 is 0 Å². The number of fused-ring (bicyclic) bond motifs is 3. The fraction of sp³-hybridized carbons (Fsp3) is 0.286. The first-order valence-corrected chi connectivity index (χ1v) is 12.4. The Morgan fingerprint density at radius 3 is 2.61 bits per heavy atom. The zero-order valence-electron chi connectivity index (χ0n) is 20.1. The third-order valence-corrected chi connectivity index (χ3v) is 7.14. The van der Waals surface area contributed by atoms with Crippen molar-refractivity contribution in [2.45, 2.75) is 32.3 Å². The molecule has 1 fully saturated rings. The summed E-state index contributed by atoms with van der Waals surface area (Å²) in [6.07, 6.45) is 7.35. The predicted molar refractivity (Wildman–Crippen MR) is 138 cm³/mol.